The third kappa shape index (κ3) is 4.57. The molecule has 2 aliphatic rings. The average Bonchev–Trinajstić information content (AvgIpc) is 3.00. The van der Waals surface area contributed by atoms with Gasteiger partial charge in [0.25, 0.3) is 0 Å². The smallest absolute Gasteiger partial charge is 0.462 e. The van der Waals surface area contributed by atoms with Crippen LogP contribution in [0.15, 0.2) is 0 Å². The fourth-order valence-electron chi connectivity index (χ4n) is 2.49. The molecule has 1 atom stereocenters. The van der Waals surface area contributed by atoms with Gasteiger partial charge >= 0.3 is 18.1 Å². The number of halogens is 3. The van der Waals surface area contributed by atoms with Crippen LogP contribution in [0.3, 0.4) is 0 Å². The van der Waals surface area contributed by atoms with Gasteiger partial charge in [0.05, 0.1) is 0 Å². The Labute approximate surface area is 126 Å². The van der Waals surface area contributed by atoms with Gasteiger partial charge in [0.1, 0.15) is 6.61 Å². The van der Waals surface area contributed by atoms with Crippen LogP contribution < -0.4 is 0 Å². The zero-order valence-corrected chi connectivity index (χ0v) is 12.1. The summed E-state index contributed by atoms with van der Waals surface area (Å²) < 4.78 is 47.2. The SMILES string of the molecule is O=C(OCCN1CCN(C(=O)C(F)(F)F)CC1)C1CCCO1. The molecule has 0 aromatic carbocycles. The average molecular weight is 324 g/mol. The lowest BCUT2D eigenvalue weighted by atomic mass is 10.2. The zero-order chi connectivity index (χ0) is 16.2. The molecule has 0 aromatic rings. The van der Waals surface area contributed by atoms with Gasteiger partial charge in [0, 0.05) is 39.3 Å². The number of carbonyl (C=O) groups excluding carboxylic acids is 2. The maximum absolute atomic E-state index is 12.3. The first-order valence-corrected chi connectivity index (χ1v) is 7.24. The Morgan fingerprint density at radius 3 is 2.41 bits per heavy atom. The van der Waals surface area contributed by atoms with Crippen molar-refractivity contribution < 1.29 is 32.2 Å². The predicted molar refractivity (Wildman–Crippen MR) is 69.0 cm³/mol. The molecule has 2 aliphatic heterocycles. The van der Waals surface area contributed by atoms with Gasteiger partial charge in [-0.05, 0) is 12.8 Å². The normalized spacial score (nSPS) is 23.6. The van der Waals surface area contributed by atoms with E-state index in [-0.39, 0.29) is 25.7 Å². The highest BCUT2D eigenvalue weighted by atomic mass is 19.4. The van der Waals surface area contributed by atoms with Gasteiger partial charge in [-0.2, -0.15) is 13.2 Å². The molecular formula is C13H19F3N2O4. The largest absolute Gasteiger partial charge is 0.471 e. The first-order chi connectivity index (χ1) is 10.4. The molecule has 2 heterocycles. The number of ether oxygens (including phenoxy) is 2. The van der Waals surface area contributed by atoms with E-state index in [1.54, 1.807) is 0 Å². The molecule has 2 fully saturated rings. The van der Waals surface area contributed by atoms with E-state index in [1.807, 2.05) is 4.90 Å². The Balaban J connectivity index is 1.63. The van der Waals surface area contributed by atoms with E-state index < -0.39 is 18.2 Å². The Kier molecular flexibility index (Phi) is 5.63. The first-order valence-electron chi connectivity index (χ1n) is 7.24. The van der Waals surface area contributed by atoms with Crippen LogP contribution in [0.1, 0.15) is 12.8 Å². The molecule has 22 heavy (non-hydrogen) atoms. The van der Waals surface area contributed by atoms with E-state index >= 15 is 0 Å². The standard InChI is InChI=1S/C13H19F3N2O4/c14-13(15,16)12(20)18-5-3-17(4-6-18)7-9-22-11(19)10-2-1-8-21-10/h10H,1-9H2. The number of nitrogens with zero attached hydrogens (tertiary/aromatic N) is 2. The van der Waals surface area contributed by atoms with Crippen molar-refractivity contribution in [3.05, 3.63) is 0 Å². The molecule has 6 nitrogen and oxygen atoms in total. The lowest BCUT2D eigenvalue weighted by Gasteiger charge is -2.34. The number of amides is 1. The second-order valence-corrected chi connectivity index (χ2v) is 5.30. The summed E-state index contributed by atoms with van der Waals surface area (Å²) in [7, 11) is 0. The molecular weight excluding hydrogens is 305 g/mol. The second-order valence-electron chi connectivity index (χ2n) is 5.30. The molecule has 2 saturated heterocycles. The molecule has 0 aromatic heterocycles. The third-order valence-corrected chi connectivity index (χ3v) is 3.75. The molecule has 0 bridgehead atoms. The van der Waals surface area contributed by atoms with E-state index in [0.717, 1.165) is 11.3 Å². The summed E-state index contributed by atoms with van der Waals surface area (Å²) in [5.41, 5.74) is 0. The van der Waals surface area contributed by atoms with Gasteiger partial charge in [-0.15, -0.1) is 0 Å². The molecule has 126 valence electrons. The molecule has 0 N–H and O–H groups in total. The van der Waals surface area contributed by atoms with Gasteiger partial charge in [0.15, 0.2) is 6.10 Å². The summed E-state index contributed by atoms with van der Waals surface area (Å²) >= 11 is 0. The van der Waals surface area contributed by atoms with Crippen molar-refractivity contribution in [1.29, 1.82) is 0 Å². The van der Waals surface area contributed by atoms with Crippen LogP contribution in [0.4, 0.5) is 13.2 Å². The number of esters is 1. The van der Waals surface area contributed by atoms with E-state index in [2.05, 4.69) is 0 Å². The molecule has 9 heteroatoms. The van der Waals surface area contributed by atoms with Crippen molar-refractivity contribution in [2.24, 2.45) is 0 Å². The van der Waals surface area contributed by atoms with Crippen molar-refractivity contribution in [1.82, 2.24) is 9.80 Å². The molecule has 1 unspecified atom stereocenters. The topological polar surface area (TPSA) is 59.1 Å². The number of rotatable bonds is 4. The van der Waals surface area contributed by atoms with Gasteiger partial charge < -0.3 is 14.4 Å². The molecule has 0 radical (unpaired) electrons. The minimum absolute atomic E-state index is 0.0258. The number of carbonyl (C=O) groups is 2. The summed E-state index contributed by atoms with van der Waals surface area (Å²) in [6.45, 7) is 1.89. The molecule has 0 spiro atoms. The second kappa shape index (κ2) is 7.28. The minimum Gasteiger partial charge on any atom is -0.462 e. The van der Waals surface area contributed by atoms with Gasteiger partial charge in [-0.3, -0.25) is 9.69 Å². The van der Waals surface area contributed by atoms with E-state index in [9.17, 15) is 22.8 Å². The lowest BCUT2D eigenvalue weighted by Crippen LogP contribution is -2.52. The fourth-order valence-corrected chi connectivity index (χ4v) is 2.49. The highest BCUT2D eigenvalue weighted by molar-refractivity contribution is 5.81. The highest BCUT2D eigenvalue weighted by Gasteiger charge is 2.43. The van der Waals surface area contributed by atoms with Crippen molar-refractivity contribution >= 4 is 11.9 Å². The predicted octanol–water partition coefficient (Wildman–Crippen LogP) is 0.415. The van der Waals surface area contributed by atoms with Crippen LogP contribution in [0.25, 0.3) is 0 Å². The van der Waals surface area contributed by atoms with Crippen molar-refractivity contribution in [2.45, 2.75) is 25.1 Å². The Morgan fingerprint density at radius 1 is 1.18 bits per heavy atom. The minimum atomic E-state index is -4.82. The van der Waals surface area contributed by atoms with Crippen LogP contribution >= 0.6 is 0 Å². The summed E-state index contributed by atoms with van der Waals surface area (Å²) in [6, 6.07) is 0. The fraction of sp³-hybridized carbons (Fsp3) is 0.846. The lowest BCUT2D eigenvalue weighted by molar-refractivity contribution is -0.187. The number of hydrogen-bond donors (Lipinski definition) is 0. The summed E-state index contributed by atoms with van der Waals surface area (Å²) in [5.74, 6) is -2.18. The monoisotopic (exact) mass is 324 g/mol. The van der Waals surface area contributed by atoms with Crippen LogP contribution in [0, 0.1) is 0 Å². The summed E-state index contributed by atoms with van der Waals surface area (Å²) in [5, 5.41) is 0. The van der Waals surface area contributed by atoms with Gasteiger partial charge in [0.2, 0.25) is 0 Å². The van der Waals surface area contributed by atoms with Crippen molar-refractivity contribution in [3.63, 3.8) is 0 Å². The van der Waals surface area contributed by atoms with Crippen LogP contribution in [-0.2, 0) is 19.1 Å². The number of piperazine rings is 1. The number of hydrogen-bond acceptors (Lipinski definition) is 5. The van der Waals surface area contributed by atoms with E-state index in [0.29, 0.717) is 32.7 Å². The molecule has 1 amide bonds. The maximum Gasteiger partial charge on any atom is 0.471 e. The van der Waals surface area contributed by atoms with Gasteiger partial charge in [-0.1, -0.05) is 0 Å². The van der Waals surface area contributed by atoms with Crippen molar-refractivity contribution in [3.8, 4) is 0 Å². The summed E-state index contributed by atoms with van der Waals surface area (Å²) in [6.07, 6.45) is -3.80. The quantitative estimate of drug-likeness (QED) is 0.701. The van der Waals surface area contributed by atoms with E-state index in [4.69, 9.17) is 9.47 Å². The molecule has 0 saturated carbocycles. The Morgan fingerprint density at radius 2 is 1.86 bits per heavy atom. The first kappa shape index (κ1) is 17.0. The summed E-state index contributed by atoms with van der Waals surface area (Å²) in [4.78, 5) is 25.3. The molecule has 0 aliphatic carbocycles. The zero-order valence-electron chi connectivity index (χ0n) is 12.1. The van der Waals surface area contributed by atoms with Crippen LogP contribution in [0.5, 0.6) is 0 Å². The molecule has 2 rings (SSSR count). The Hall–Kier alpha value is -1.35. The van der Waals surface area contributed by atoms with Crippen LogP contribution in [-0.4, -0.2) is 79.9 Å². The van der Waals surface area contributed by atoms with E-state index in [1.165, 1.54) is 0 Å². The highest BCUT2D eigenvalue weighted by Crippen LogP contribution is 2.19. The van der Waals surface area contributed by atoms with Gasteiger partial charge in [-0.25, -0.2) is 4.79 Å². The Bertz CT molecular complexity index is 403. The van der Waals surface area contributed by atoms with Crippen LogP contribution in [0.2, 0.25) is 0 Å². The number of alkyl halides is 3. The van der Waals surface area contributed by atoms with Crippen molar-refractivity contribution in [2.75, 3.05) is 45.9 Å². The maximum atomic E-state index is 12.3. The third-order valence-electron chi connectivity index (χ3n) is 3.75.